The maximum absolute atomic E-state index is 10.9. The maximum Gasteiger partial charge on any atom is 0.269 e. The summed E-state index contributed by atoms with van der Waals surface area (Å²) in [6.07, 6.45) is 0. The van der Waals surface area contributed by atoms with Crippen molar-refractivity contribution in [1.29, 1.82) is 0 Å². The highest BCUT2D eigenvalue weighted by molar-refractivity contribution is 7.80. The number of non-ortho nitro benzene ring substituents is 1. The molecule has 0 aliphatic carbocycles. The molecule has 0 unspecified atom stereocenters. The number of rotatable bonds is 6. The van der Waals surface area contributed by atoms with Gasteiger partial charge in [-0.05, 0) is 42.4 Å². The number of nitrogens with zero attached hydrogens (tertiary/aromatic N) is 2. The fourth-order valence-corrected chi connectivity index (χ4v) is 2.57. The van der Waals surface area contributed by atoms with Crippen LogP contribution in [-0.2, 0) is 6.54 Å². The molecule has 6 nitrogen and oxygen atoms in total. The first-order valence-corrected chi connectivity index (χ1v) is 8.21. The molecule has 0 amide bonds. The molecule has 0 aliphatic heterocycles. The SMILES string of the molecule is COc1ccc(CNC(=S)N(C)[C@H](C)c2cccc([N+](=O)[O-])c2)cc1. The van der Waals surface area contributed by atoms with Gasteiger partial charge in [-0.1, -0.05) is 24.3 Å². The minimum absolute atomic E-state index is 0.0786. The summed E-state index contributed by atoms with van der Waals surface area (Å²) in [5.41, 5.74) is 2.00. The molecule has 0 aromatic heterocycles. The average molecular weight is 359 g/mol. The summed E-state index contributed by atoms with van der Waals surface area (Å²) in [4.78, 5) is 12.4. The van der Waals surface area contributed by atoms with E-state index in [2.05, 4.69) is 5.32 Å². The second-order valence-corrected chi connectivity index (χ2v) is 6.03. The molecule has 1 atom stereocenters. The number of hydrogen-bond acceptors (Lipinski definition) is 4. The van der Waals surface area contributed by atoms with Crippen LogP contribution >= 0.6 is 12.2 Å². The Bertz CT molecular complexity index is 749. The molecule has 0 fully saturated rings. The van der Waals surface area contributed by atoms with Gasteiger partial charge in [-0.15, -0.1) is 0 Å². The van der Waals surface area contributed by atoms with Crippen molar-refractivity contribution in [3.8, 4) is 5.75 Å². The number of ether oxygens (including phenoxy) is 1. The van der Waals surface area contributed by atoms with Crippen molar-refractivity contribution in [2.75, 3.05) is 14.2 Å². The number of benzene rings is 2. The molecule has 132 valence electrons. The van der Waals surface area contributed by atoms with Gasteiger partial charge in [-0.25, -0.2) is 0 Å². The van der Waals surface area contributed by atoms with E-state index < -0.39 is 4.92 Å². The van der Waals surface area contributed by atoms with Crippen LogP contribution in [0.2, 0.25) is 0 Å². The standard InChI is InChI=1S/C18H21N3O3S/c1-13(15-5-4-6-16(11-15)21(22)23)20(2)18(25)19-12-14-7-9-17(24-3)10-8-14/h4-11,13H,12H2,1-3H3,(H,19,25)/t13-/m1/s1. The predicted molar refractivity (Wildman–Crippen MR) is 102 cm³/mol. The lowest BCUT2D eigenvalue weighted by Crippen LogP contribution is -2.38. The van der Waals surface area contributed by atoms with Gasteiger partial charge < -0.3 is 15.0 Å². The Balaban J connectivity index is 1.98. The van der Waals surface area contributed by atoms with Gasteiger partial charge in [0.1, 0.15) is 5.75 Å². The van der Waals surface area contributed by atoms with E-state index in [1.54, 1.807) is 19.2 Å². The highest BCUT2D eigenvalue weighted by Gasteiger charge is 2.17. The van der Waals surface area contributed by atoms with Gasteiger partial charge in [-0.3, -0.25) is 10.1 Å². The third kappa shape index (κ3) is 4.90. The maximum atomic E-state index is 10.9. The number of hydrogen-bond donors (Lipinski definition) is 1. The third-order valence-electron chi connectivity index (χ3n) is 4.07. The van der Waals surface area contributed by atoms with Gasteiger partial charge in [0.25, 0.3) is 5.69 Å². The Morgan fingerprint density at radius 1 is 1.32 bits per heavy atom. The van der Waals surface area contributed by atoms with Crippen LogP contribution in [0.15, 0.2) is 48.5 Å². The molecule has 2 rings (SSSR count). The Kier molecular flexibility index (Phi) is 6.30. The molecule has 2 aromatic carbocycles. The summed E-state index contributed by atoms with van der Waals surface area (Å²) in [5.74, 6) is 0.808. The quantitative estimate of drug-likeness (QED) is 0.482. The molecule has 0 aliphatic rings. The summed E-state index contributed by atoms with van der Waals surface area (Å²) < 4.78 is 5.14. The topological polar surface area (TPSA) is 67.6 Å². The van der Waals surface area contributed by atoms with Crippen molar-refractivity contribution in [1.82, 2.24) is 10.2 Å². The number of methoxy groups -OCH3 is 1. The molecular weight excluding hydrogens is 338 g/mol. The predicted octanol–water partition coefficient (Wildman–Crippen LogP) is 3.67. The Morgan fingerprint density at radius 2 is 2.00 bits per heavy atom. The second-order valence-electron chi connectivity index (χ2n) is 5.65. The van der Waals surface area contributed by atoms with E-state index in [0.29, 0.717) is 11.7 Å². The first-order valence-electron chi connectivity index (χ1n) is 7.80. The number of nitrogens with one attached hydrogen (secondary N) is 1. The van der Waals surface area contributed by atoms with E-state index >= 15 is 0 Å². The molecule has 0 saturated heterocycles. The first kappa shape index (κ1) is 18.7. The zero-order valence-electron chi connectivity index (χ0n) is 14.4. The number of thiocarbonyl (C=S) groups is 1. The van der Waals surface area contributed by atoms with Crippen LogP contribution in [-0.4, -0.2) is 29.1 Å². The number of nitro benzene ring substituents is 1. The van der Waals surface area contributed by atoms with Gasteiger partial charge >= 0.3 is 0 Å². The van der Waals surface area contributed by atoms with Crippen molar-refractivity contribution < 1.29 is 9.66 Å². The smallest absolute Gasteiger partial charge is 0.269 e. The zero-order chi connectivity index (χ0) is 18.4. The van der Waals surface area contributed by atoms with Gasteiger partial charge in [0.15, 0.2) is 5.11 Å². The van der Waals surface area contributed by atoms with Crippen molar-refractivity contribution in [3.05, 3.63) is 69.8 Å². The highest BCUT2D eigenvalue weighted by atomic mass is 32.1. The largest absolute Gasteiger partial charge is 0.497 e. The lowest BCUT2D eigenvalue weighted by atomic mass is 10.1. The minimum atomic E-state index is -0.392. The van der Waals surface area contributed by atoms with E-state index in [-0.39, 0.29) is 11.7 Å². The van der Waals surface area contributed by atoms with Crippen LogP contribution in [0, 0.1) is 10.1 Å². The van der Waals surface area contributed by atoms with E-state index in [1.165, 1.54) is 6.07 Å². The highest BCUT2D eigenvalue weighted by Crippen LogP contribution is 2.23. The van der Waals surface area contributed by atoms with Crippen LogP contribution in [0.25, 0.3) is 0 Å². The van der Waals surface area contributed by atoms with Crippen molar-refractivity contribution in [2.45, 2.75) is 19.5 Å². The van der Waals surface area contributed by atoms with Crippen LogP contribution in [0.4, 0.5) is 5.69 Å². The fourth-order valence-electron chi connectivity index (χ4n) is 2.34. The number of nitro groups is 1. The molecule has 7 heteroatoms. The van der Waals surface area contributed by atoms with Gasteiger partial charge in [-0.2, -0.15) is 0 Å². The lowest BCUT2D eigenvalue weighted by molar-refractivity contribution is -0.384. The third-order valence-corrected chi connectivity index (χ3v) is 4.50. The molecule has 2 aromatic rings. The zero-order valence-corrected chi connectivity index (χ0v) is 15.2. The van der Waals surface area contributed by atoms with Crippen molar-refractivity contribution >= 4 is 23.0 Å². The fraction of sp³-hybridized carbons (Fsp3) is 0.278. The Hall–Kier alpha value is -2.67. The Morgan fingerprint density at radius 3 is 2.60 bits per heavy atom. The van der Waals surface area contributed by atoms with Crippen LogP contribution in [0.3, 0.4) is 0 Å². The Labute approximate surface area is 152 Å². The van der Waals surface area contributed by atoms with Crippen LogP contribution in [0.1, 0.15) is 24.1 Å². The van der Waals surface area contributed by atoms with E-state index in [1.807, 2.05) is 49.2 Å². The molecular formula is C18H21N3O3S. The summed E-state index contributed by atoms with van der Waals surface area (Å²) in [5, 5.41) is 14.7. The van der Waals surface area contributed by atoms with Crippen molar-refractivity contribution in [2.24, 2.45) is 0 Å². The molecule has 0 heterocycles. The monoisotopic (exact) mass is 359 g/mol. The van der Waals surface area contributed by atoms with Gasteiger partial charge in [0, 0.05) is 25.7 Å². The van der Waals surface area contributed by atoms with Crippen molar-refractivity contribution in [3.63, 3.8) is 0 Å². The first-order chi connectivity index (χ1) is 11.9. The molecule has 0 bridgehead atoms. The van der Waals surface area contributed by atoms with Crippen LogP contribution < -0.4 is 10.1 Å². The summed E-state index contributed by atoms with van der Waals surface area (Å²) in [7, 11) is 3.50. The van der Waals surface area contributed by atoms with Gasteiger partial charge in [0.2, 0.25) is 0 Å². The molecule has 0 saturated carbocycles. The molecule has 0 spiro atoms. The van der Waals surface area contributed by atoms with E-state index in [0.717, 1.165) is 16.9 Å². The molecule has 1 N–H and O–H groups in total. The average Bonchev–Trinajstić information content (AvgIpc) is 2.65. The normalized spacial score (nSPS) is 11.5. The second kappa shape index (κ2) is 8.43. The lowest BCUT2D eigenvalue weighted by Gasteiger charge is -2.28. The summed E-state index contributed by atoms with van der Waals surface area (Å²) >= 11 is 5.44. The summed E-state index contributed by atoms with van der Waals surface area (Å²) in [6, 6.07) is 14.3. The van der Waals surface area contributed by atoms with Crippen LogP contribution in [0.5, 0.6) is 5.75 Å². The van der Waals surface area contributed by atoms with E-state index in [9.17, 15) is 10.1 Å². The minimum Gasteiger partial charge on any atom is -0.497 e. The van der Waals surface area contributed by atoms with Gasteiger partial charge in [0.05, 0.1) is 18.1 Å². The molecule has 25 heavy (non-hydrogen) atoms. The summed E-state index contributed by atoms with van der Waals surface area (Å²) in [6.45, 7) is 2.55. The van der Waals surface area contributed by atoms with E-state index in [4.69, 9.17) is 17.0 Å². The molecule has 0 radical (unpaired) electrons.